The second kappa shape index (κ2) is 14.9. The Morgan fingerprint density at radius 3 is 1.79 bits per heavy atom. The van der Waals surface area contributed by atoms with Gasteiger partial charge in [0, 0.05) is 75.0 Å². The number of hydrogen-bond donors (Lipinski definition) is 0. The molecule has 6 heteroatoms. The molecule has 5 nitrogen and oxygen atoms in total. The Hall–Kier alpha value is -8.71. The van der Waals surface area contributed by atoms with Gasteiger partial charge >= 0.3 is 0 Å². The van der Waals surface area contributed by atoms with Crippen molar-refractivity contribution in [3.8, 4) is 62.1 Å². The molecule has 0 saturated heterocycles. The van der Waals surface area contributed by atoms with E-state index in [1.165, 1.54) is 52.8 Å². The summed E-state index contributed by atoms with van der Waals surface area (Å²) in [5, 5.41) is 9.50. The van der Waals surface area contributed by atoms with E-state index in [1.807, 2.05) is 65.9 Å². The van der Waals surface area contributed by atoms with Crippen molar-refractivity contribution in [3.05, 3.63) is 218 Å². The summed E-state index contributed by atoms with van der Waals surface area (Å²) in [5.74, 6) is 1.77. The summed E-state index contributed by atoms with van der Waals surface area (Å²) < 4.78 is 11.4. The van der Waals surface area contributed by atoms with Crippen LogP contribution in [-0.2, 0) is 0 Å². The normalized spacial score (nSPS) is 11.9. The molecule has 0 atom stereocenters. The van der Waals surface area contributed by atoms with Crippen molar-refractivity contribution >= 4 is 86.0 Å². The molecule has 312 valence electrons. The monoisotopic (exact) mass is 872 g/mol. The van der Waals surface area contributed by atoms with Gasteiger partial charge in [-0.3, -0.25) is 0 Å². The Morgan fingerprint density at radius 2 is 0.925 bits per heavy atom. The number of rotatable bonds is 6. The van der Waals surface area contributed by atoms with Gasteiger partial charge in [0.05, 0.1) is 11.0 Å². The molecule has 0 amide bonds. The Balaban J connectivity index is 0.976. The van der Waals surface area contributed by atoms with Gasteiger partial charge in [-0.05, 0) is 64.5 Å². The van der Waals surface area contributed by atoms with Crippen LogP contribution in [-0.4, -0.2) is 19.5 Å². The minimum atomic E-state index is 0.577. The van der Waals surface area contributed by atoms with Gasteiger partial charge < -0.3 is 8.98 Å². The second-order valence-electron chi connectivity index (χ2n) is 17.1. The average molecular weight is 873 g/mol. The van der Waals surface area contributed by atoms with E-state index in [0.29, 0.717) is 17.5 Å². The molecule has 14 rings (SSSR count). The lowest BCUT2D eigenvalue weighted by molar-refractivity contribution is 0.669. The zero-order valence-electron chi connectivity index (χ0n) is 35.9. The summed E-state index contributed by atoms with van der Waals surface area (Å²) in [5.41, 5.74) is 12.4. The Labute approximate surface area is 388 Å². The highest BCUT2D eigenvalue weighted by atomic mass is 32.1. The molecule has 67 heavy (non-hydrogen) atoms. The van der Waals surface area contributed by atoms with E-state index in [9.17, 15) is 0 Å². The maximum Gasteiger partial charge on any atom is 0.164 e. The maximum atomic E-state index is 6.33. The van der Waals surface area contributed by atoms with Crippen molar-refractivity contribution in [2.75, 3.05) is 0 Å². The molecule has 0 radical (unpaired) electrons. The van der Waals surface area contributed by atoms with E-state index in [-0.39, 0.29) is 0 Å². The van der Waals surface area contributed by atoms with Gasteiger partial charge in [-0.25, -0.2) is 15.0 Å². The van der Waals surface area contributed by atoms with Crippen molar-refractivity contribution in [3.63, 3.8) is 0 Å². The van der Waals surface area contributed by atoms with Gasteiger partial charge in [-0.15, -0.1) is 11.3 Å². The second-order valence-corrected chi connectivity index (χ2v) is 18.2. The lowest BCUT2D eigenvalue weighted by Gasteiger charge is -2.15. The lowest BCUT2D eigenvalue weighted by Crippen LogP contribution is -2.01. The van der Waals surface area contributed by atoms with Crippen LogP contribution in [0.4, 0.5) is 0 Å². The summed E-state index contributed by atoms with van der Waals surface area (Å²) >= 11 is 1.87. The van der Waals surface area contributed by atoms with Crippen LogP contribution in [0.2, 0.25) is 0 Å². The van der Waals surface area contributed by atoms with Crippen LogP contribution >= 0.6 is 11.3 Å². The highest BCUT2D eigenvalue weighted by Gasteiger charge is 2.21. The number of aromatic nitrogens is 4. The van der Waals surface area contributed by atoms with Crippen LogP contribution in [0.25, 0.3) is 137 Å². The fourth-order valence-electron chi connectivity index (χ4n) is 10.1. The van der Waals surface area contributed by atoms with Crippen LogP contribution in [0.15, 0.2) is 223 Å². The number of thiophene rings is 1. The van der Waals surface area contributed by atoms with Crippen LogP contribution < -0.4 is 0 Å². The first-order chi connectivity index (χ1) is 33.2. The maximum absolute atomic E-state index is 6.33. The van der Waals surface area contributed by atoms with Gasteiger partial charge in [0.15, 0.2) is 17.5 Å². The molecule has 0 unspecified atom stereocenters. The Morgan fingerprint density at radius 1 is 0.343 bits per heavy atom. The van der Waals surface area contributed by atoms with Crippen molar-refractivity contribution in [2.24, 2.45) is 0 Å². The molecular formula is C61H36N4OS. The standard InChI is InChI=1S/C61H36N4OS/c1-2-15-38(16-3-1)59-62-60(64-61(63-59)42-31-32-48-47-22-6-8-28-53(47)66-54(48)36-42)41-19-11-20-43(35-41)65-56-44-21-5-4-14-37(44)30-33-51(56)50-26-12-24-45(57(50)65)39-17-10-18-40(34-39)46-25-13-27-52-49-23-7-9-29-55(49)67-58(46)52/h1-36H. The number of benzene rings is 10. The summed E-state index contributed by atoms with van der Waals surface area (Å²) in [6, 6.07) is 77.6. The van der Waals surface area contributed by atoms with E-state index >= 15 is 0 Å². The smallest absolute Gasteiger partial charge is 0.164 e. The summed E-state index contributed by atoms with van der Waals surface area (Å²) in [4.78, 5) is 15.5. The number of hydrogen-bond acceptors (Lipinski definition) is 5. The third-order valence-electron chi connectivity index (χ3n) is 13.2. The topological polar surface area (TPSA) is 56.7 Å². The zero-order valence-corrected chi connectivity index (χ0v) is 36.7. The van der Waals surface area contributed by atoms with Crippen molar-refractivity contribution < 1.29 is 4.42 Å². The molecule has 0 fully saturated rings. The average Bonchev–Trinajstić information content (AvgIpc) is 4.08. The minimum absolute atomic E-state index is 0.577. The van der Waals surface area contributed by atoms with E-state index in [1.54, 1.807) is 0 Å². The van der Waals surface area contributed by atoms with Gasteiger partial charge in [-0.1, -0.05) is 176 Å². The van der Waals surface area contributed by atoms with E-state index in [0.717, 1.165) is 66.5 Å². The zero-order chi connectivity index (χ0) is 44.0. The van der Waals surface area contributed by atoms with Crippen LogP contribution in [0.3, 0.4) is 0 Å². The number of fused-ring (bicyclic) bond motifs is 11. The molecular weight excluding hydrogens is 837 g/mol. The molecule has 0 saturated carbocycles. The van der Waals surface area contributed by atoms with Gasteiger partial charge in [-0.2, -0.15) is 0 Å². The molecule has 0 aliphatic carbocycles. The van der Waals surface area contributed by atoms with Crippen LogP contribution in [0.5, 0.6) is 0 Å². The van der Waals surface area contributed by atoms with Gasteiger partial charge in [0.25, 0.3) is 0 Å². The van der Waals surface area contributed by atoms with E-state index < -0.39 is 0 Å². The molecule has 10 aromatic carbocycles. The molecule has 14 aromatic rings. The lowest BCUT2D eigenvalue weighted by atomic mass is 9.96. The molecule has 0 aliphatic rings. The summed E-state index contributed by atoms with van der Waals surface area (Å²) in [7, 11) is 0. The summed E-state index contributed by atoms with van der Waals surface area (Å²) in [6.45, 7) is 0. The fourth-order valence-corrected chi connectivity index (χ4v) is 11.4. The molecule has 4 aromatic heterocycles. The van der Waals surface area contributed by atoms with Crippen LogP contribution in [0, 0.1) is 0 Å². The van der Waals surface area contributed by atoms with E-state index in [2.05, 4.69) is 168 Å². The fraction of sp³-hybridized carbons (Fsp3) is 0. The first-order valence-corrected chi connectivity index (χ1v) is 23.3. The van der Waals surface area contributed by atoms with E-state index in [4.69, 9.17) is 19.4 Å². The SMILES string of the molecule is c1ccc(-c2nc(-c3cccc(-n4c5c(-c6cccc(-c7cccc8c7sc7ccccc78)c6)cccc5c5ccc6ccccc6c54)c3)nc(-c3ccc4c(c3)oc3ccccc34)n2)cc1. The predicted molar refractivity (Wildman–Crippen MR) is 279 cm³/mol. The highest BCUT2D eigenvalue weighted by molar-refractivity contribution is 7.26. The third-order valence-corrected chi connectivity index (χ3v) is 14.4. The highest BCUT2D eigenvalue weighted by Crippen LogP contribution is 2.44. The Kier molecular flexibility index (Phi) is 8.38. The third kappa shape index (κ3) is 6.04. The predicted octanol–water partition coefficient (Wildman–Crippen LogP) is 16.7. The molecule has 0 spiro atoms. The summed E-state index contributed by atoms with van der Waals surface area (Å²) in [6.07, 6.45) is 0. The first kappa shape index (κ1) is 37.6. The minimum Gasteiger partial charge on any atom is -0.456 e. The Bertz CT molecular complexity index is 4300. The van der Waals surface area contributed by atoms with Gasteiger partial charge in [0.2, 0.25) is 0 Å². The van der Waals surface area contributed by atoms with Gasteiger partial charge in [0.1, 0.15) is 11.2 Å². The number of para-hydroxylation sites is 2. The number of furan rings is 1. The van der Waals surface area contributed by atoms with Crippen molar-refractivity contribution in [1.29, 1.82) is 0 Å². The van der Waals surface area contributed by atoms with Crippen molar-refractivity contribution in [2.45, 2.75) is 0 Å². The molecule has 0 aliphatic heterocycles. The largest absolute Gasteiger partial charge is 0.456 e. The quantitative estimate of drug-likeness (QED) is 0.167. The van der Waals surface area contributed by atoms with Crippen LogP contribution in [0.1, 0.15) is 0 Å². The van der Waals surface area contributed by atoms with Crippen molar-refractivity contribution in [1.82, 2.24) is 19.5 Å². The molecule has 0 bridgehead atoms. The first-order valence-electron chi connectivity index (χ1n) is 22.5. The molecule has 4 heterocycles. The molecule has 0 N–H and O–H groups in total. The number of nitrogens with zero attached hydrogens (tertiary/aromatic N) is 4.